The van der Waals surface area contributed by atoms with E-state index in [1.54, 1.807) is 6.20 Å². The summed E-state index contributed by atoms with van der Waals surface area (Å²) in [6.07, 6.45) is 2.44. The SMILES string of the molecule is CCNC(=O)N/C(N)=N/c1ncccc1CC. The Labute approximate surface area is 100 Å². The predicted octanol–water partition coefficient (Wildman–Crippen LogP) is 0.909. The third-order valence-corrected chi connectivity index (χ3v) is 2.05. The van der Waals surface area contributed by atoms with Crippen molar-refractivity contribution in [2.45, 2.75) is 20.3 Å². The molecule has 1 aromatic heterocycles. The number of carbonyl (C=O) groups excluding carboxylic acids is 1. The van der Waals surface area contributed by atoms with Gasteiger partial charge in [0.1, 0.15) is 0 Å². The monoisotopic (exact) mass is 235 g/mol. The van der Waals surface area contributed by atoms with Gasteiger partial charge in [-0.15, -0.1) is 0 Å². The van der Waals surface area contributed by atoms with Gasteiger partial charge in [-0.05, 0) is 25.0 Å². The van der Waals surface area contributed by atoms with E-state index < -0.39 is 0 Å². The van der Waals surface area contributed by atoms with Crippen molar-refractivity contribution in [3.63, 3.8) is 0 Å². The lowest BCUT2D eigenvalue weighted by Crippen LogP contribution is -2.43. The maximum Gasteiger partial charge on any atom is 0.321 e. The number of carbonyl (C=O) groups is 1. The number of guanidine groups is 1. The van der Waals surface area contributed by atoms with Crippen LogP contribution in [0.4, 0.5) is 10.6 Å². The average molecular weight is 235 g/mol. The highest BCUT2D eigenvalue weighted by Gasteiger charge is 2.03. The molecule has 1 aromatic rings. The van der Waals surface area contributed by atoms with Crippen LogP contribution < -0.4 is 16.4 Å². The summed E-state index contributed by atoms with van der Waals surface area (Å²) in [6.45, 7) is 4.35. The van der Waals surface area contributed by atoms with E-state index in [-0.39, 0.29) is 12.0 Å². The number of pyridine rings is 1. The molecule has 17 heavy (non-hydrogen) atoms. The molecule has 0 fully saturated rings. The summed E-state index contributed by atoms with van der Waals surface area (Å²) in [5, 5.41) is 4.98. The van der Waals surface area contributed by atoms with E-state index in [0.717, 1.165) is 12.0 Å². The molecule has 0 aliphatic heterocycles. The number of amides is 2. The second kappa shape index (κ2) is 6.47. The van der Waals surface area contributed by atoms with Crippen molar-refractivity contribution in [1.29, 1.82) is 0 Å². The van der Waals surface area contributed by atoms with Crippen LogP contribution in [-0.4, -0.2) is 23.5 Å². The van der Waals surface area contributed by atoms with Gasteiger partial charge in [0, 0.05) is 12.7 Å². The van der Waals surface area contributed by atoms with Crippen LogP contribution in [0.25, 0.3) is 0 Å². The number of hydrogen-bond acceptors (Lipinski definition) is 3. The van der Waals surface area contributed by atoms with Crippen LogP contribution in [0, 0.1) is 0 Å². The molecule has 4 N–H and O–H groups in total. The Kier molecular flexibility index (Phi) is 4.93. The summed E-state index contributed by atoms with van der Waals surface area (Å²) in [5.74, 6) is 0.564. The molecule has 0 radical (unpaired) electrons. The van der Waals surface area contributed by atoms with Crippen molar-refractivity contribution < 1.29 is 4.79 Å². The first-order valence-corrected chi connectivity index (χ1v) is 5.50. The molecule has 0 unspecified atom stereocenters. The molecule has 1 heterocycles. The van der Waals surface area contributed by atoms with Crippen LogP contribution in [-0.2, 0) is 6.42 Å². The number of nitrogens with two attached hydrogens (primary N) is 1. The molecule has 0 bridgehead atoms. The van der Waals surface area contributed by atoms with Crippen LogP contribution in [0.3, 0.4) is 0 Å². The molecule has 6 heteroatoms. The highest BCUT2D eigenvalue weighted by atomic mass is 16.2. The quantitative estimate of drug-likeness (QED) is 0.537. The fourth-order valence-corrected chi connectivity index (χ4v) is 1.27. The number of aliphatic imine (C=N–C) groups is 1. The van der Waals surface area contributed by atoms with E-state index in [1.165, 1.54) is 0 Å². The molecule has 2 amide bonds. The second-order valence-corrected chi connectivity index (χ2v) is 3.32. The number of nitrogens with zero attached hydrogens (tertiary/aromatic N) is 2. The van der Waals surface area contributed by atoms with Crippen LogP contribution in [0.15, 0.2) is 23.3 Å². The minimum atomic E-state index is -0.372. The van der Waals surface area contributed by atoms with Gasteiger partial charge in [-0.25, -0.2) is 9.78 Å². The highest BCUT2D eigenvalue weighted by molar-refractivity contribution is 5.96. The topological polar surface area (TPSA) is 92.4 Å². The zero-order valence-corrected chi connectivity index (χ0v) is 10.0. The standard InChI is InChI=1S/C11H17N5O/c1-3-8-6-5-7-14-9(8)15-10(12)16-11(17)13-4-2/h5-7H,3-4H2,1-2H3,(H4,12,13,14,15,16,17). The van der Waals surface area contributed by atoms with Gasteiger partial charge in [-0.1, -0.05) is 13.0 Å². The summed E-state index contributed by atoms with van der Waals surface area (Å²) >= 11 is 0. The maximum absolute atomic E-state index is 11.2. The molecular formula is C11H17N5O. The Hall–Kier alpha value is -2.11. The third-order valence-electron chi connectivity index (χ3n) is 2.05. The Morgan fingerprint density at radius 1 is 1.53 bits per heavy atom. The van der Waals surface area contributed by atoms with Crippen LogP contribution in [0.5, 0.6) is 0 Å². The molecule has 0 aliphatic rings. The molecule has 1 rings (SSSR count). The van der Waals surface area contributed by atoms with Crippen molar-refractivity contribution in [2.75, 3.05) is 6.54 Å². The molecule has 0 saturated carbocycles. The zero-order valence-electron chi connectivity index (χ0n) is 10.0. The third kappa shape index (κ3) is 4.10. The van der Waals surface area contributed by atoms with Crippen molar-refractivity contribution >= 4 is 17.8 Å². The first-order chi connectivity index (χ1) is 8.17. The van der Waals surface area contributed by atoms with Gasteiger partial charge in [0.2, 0.25) is 5.96 Å². The van der Waals surface area contributed by atoms with Crippen molar-refractivity contribution in [2.24, 2.45) is 10.7 Å². The Bertz CT molecular complexity index is 416. The van der Waals surface area contributed by atoms with Gasteiger partial charge in [-0.2, -0.15) is 4.99 Å². The normalized spacial score (nSPS) is 11.1. The summed E-state index contributed by atoms with van der Waals surface area (Å²) in [4.78, 5) is 19.4. The fraction of sp³-hybridized carbons (Fsp3) is 0.364. The largest absolute Gasteiger partial charge is 0.369 e. The molecular weight excluding hydrogens is 218 g/mol. The molecule has 0 atom stereocenters. The predicted molar refractivity (Wildman–Crippen MR) is 67.1 cm³/mol. The molecule has 0 spiro atoms. The molecule has 0 aromatic carbocycles. The number of aromatic nitrogens is 1. The van der Waals surface area contributed by atoms with Crippen molar-refractivity contribution in [3.05, 3.63) is 23.9 Å². The van der Waals surface area contributed by atoms with Crippen LogP contribution in [0.2, 0.25) is 0 Å². The Morgan fingerprint density at radius 3 is 2.94 bits per heavy atom. The van der Waals surface area contributed by atoms with Gasteiger partial charge in [0.25, 0.3) is 0 Å². The van der Waals surface area contributed by atoms with Gasteiger partial charge >= 0.3 is 6.03 Å². The van der Waals surface area contributed by atoms with E-state index in [4.69, 9.17) is 5.73 Å². The first kappa shape index (κ1) is 13.0. The van der Waals surface area contributed by atoms with Crippen molar-refractivity contribution in [1.82, 2.24) is 15.6 Å². The summed E-state index contributed by atoms with van der Waals surface area (Å²) in [7, 11) is 0. The Morgan fingerprint density at radius 2 is 2.29 bits per heavy atom. The number of urea groups is 1. The van der Waals surface area contributed by atoms with E-state index >= 15 is 0 Å². The van der Waals surface area contributed by atoms with Crippen molar-refractivity contribution in [3.8, 4) is 0 Å². The van der Waals surface area contributed by atoms with E-state index in [9.17, 15) is 4.79 Å². The summed E-state index contributed by atoms with van der Waals surface area (Å²) in [6, 6.07) is 3.39. The van der Waals surface area contributed by atoms with Crippen LogP contribution in [0.1, 0.15) is 19.4 Å². The lowest BCUT2D eigenvalue weighted by molar-refractivity contribution is 0.245. The van der Waals surface area contributed by atoms with E-state index in [1.807, 2.05) is 26.0 Å². The van der Waals surface area contributed by atoms with Crippen LogP contribution >= 0.6 is 0 Å². The fourth-order valence-electron chi connectivity index (χ4n) is 1.27. The molecule has 0 aliphatic carbocycles. The summed E-state index contributed by atoms with van der Waals surface area (Å²) in [5.41, 5.74) is 6.58. The second-order valence-electron chi connectivity index (χ2n) is 3.32. The number of nitrogens with one attached hydrogen (secondary N) is 2. The minimum absolute atomic E-state index is 0.0318. The number of hydrogen-bond donors (Lipinski definition) is 3. The highest BCUT2D eigenvalue weighted by Crippen LogP contribution is 2.14. The lowest BCUT2D eigenvalue weighted by Gasteiger charge is -2.05. The smallest absolute Gasteiger partial charge is 0.321 e. The summed E-state index contributed by atoms with van der Waals surface area (Å²) < 4.78 is 0. The van der Waals surface area contributed by atoms with Gasteiger partial charge in [0.05, 0.1) is 0 Å². The number of rotatable bonds is 3. The molecule has 92 valence electrons. The molecule has 6 nitrogen and oxygen atoms in total. The number of aryl methyl sites for hydroxylation is 1. The molecule has 0 saturated heterocycles. The first-order valence-electron chi connectivity index (χ1n) is 5.50. The average Bonchev–Trinajstić information content (AvgIpc) is 2.29. The van der Waals surface area contributed by atoms with Gasteiger partial charge in [0.15, 0.2) is 5.82 Å². The minimum Gasteiger partial charge on any atom is -0.369 e. The van der Waals surface area contributed by atoms with E-state index in [0.29, 0.717) is 12.4 Å². The van der Waals surface area contributed by atoms with Gasteiger partial charge < -0.3 is 11.1 Å². The van der Waals surface area contributed by atoms with Gasteiger partial charge in [-0.3, -0.25) is 5.32 Å². The maximum atomic E-state index is 11.2. The lowest BCUT2D eigenvalue weighted by atomic mass is 10.2. The Balaban J connectivity index is 2.76. The zero-order chi connectivity index (χ0) is 12.7. The van der Waals surface area contributed by atoms with E-state index in [2.05, 4.69) is 20.6 Å².